The van der Waals surface area contributed by atoms with Crippen LogP contribution in [0.25, 0.3) is 27.7 Å². The van der Waals surface area contributed by atoms with Gasteiger partial charge in [0.05, 0.1) is 20.5 Å². The predicted octanol–water partition coefficient (Wildman–Crippen LogP) is 5.98. The summed E-state index contributed by atoms with van der Waals surface area (Å²) in [5, 5.41) is 3.75. The van der Waals surface area contributed by atoms with Crippen LogP contribution in [0, 0.1) is 5.82 Å². The van der Waals surface area contributed by atoms with Crippen LogP contribution in [0.3, 0.4) is 0 Å². The van der Waals surface area contributed by atoms with E-state index in [4.69, 9.17) is 13.9 Å². The number of amides is 1. The van der Waals surface area contributed by atoms with Crippen molar-refractivity contribution >= 4 is 22.4 Å². The van der Waals surface area contributed by atoms with Crippen molar-refractivity contribution in [2.24, 2.45) is 0 Å². The van der Waals surface area contributed by atoms with Crippen molar-refractivity contribution in [1.82, 2.24) is 5.32 Å². The molecule has 0 atom stereocenters. The fourth-order valence-electron chi connectivity index (χ4n) is 3.64. The molecule has 0 bridgehead atoms. The topological polar surface area (TPSA) is 60.7 Å². The summed E-state index contributed by atoms with van der Waals surface area (Å²) >= 11 is 0. The molecule has 0 saturated heterocycles. The number of carbonyl (C=O) groups excluding carboxylic acids is 1. The minimum absolute atomic E-state index is 0.212. The van der Waals surface area contributed by atoms with Crippen LogP contribution >= 0.6 is 0 Å². The van der Waals surface area contributed by atoms with Crippen LogP contribution in [0.5, 0.6) is 11.5 Å². The largest absolute Gasteiger partial charge is 0.497 e. The number of benzene rings is 3. The monoisotopic (exact) mass is 445 g/mol. The van der Waals surface area contributed by atoms with Gasteiger partial charge in [-0.2, -0.15) is 0 Å². The Morgan fingerprint density at radius 3 is 2.42 bits per heavy atom. The number of hydrogen-bond donors (Lipinski definition) is 1. The molecule has 0 aliphatic heterocycles. The molecule has 4 aromatic rings. The number of ether oxygens (including phenoxy) is 2. The van der Waals surface area contributed by atoms with Gasteiger partial charge in [0.25, 0.3) is 0 Å². The van der Waals surface area contributed by atoms with Gasteiger partial charge in [-0.25, -0.2) is 4.39 Å². The second-order valence-corrected chi connectivity index (χ2v) is 7.60. The second kappa shape index (κ2) is 9.61. The molecule has 4 rings (SSSR count). The zero-order chi connectivity index (χ0) is 23.4. The minimum atomic E-state index is -0.298. The van der Waals surface area contributed by atoms with Crippen LogP contribution < -0.4 is 14.8 Å². The van der Waals surface area contributed by atoms with E-state index in [0.717, 1.165) is 39.0 Å². The van der Waals surface area contributed by atoms with E-state index >= 15 is 0 Å². The molecule has 0 radical (unpaired) electrons. The minimum Gasteiger partial charge on any atom is -0.497 e. The molecule has 6 heteroatoms. The highest BCUT2D eigenvalue weighted by Gasteiger charge is 2.15. The number of nitrogens with one attached hydrogen (secondary N) is 1. The third kappa shape index (κ3) is 4.90. The molecule has 1 amide bonds. The first-order chi connectivity index (χ1) is 16.0. The quantitative estimate of drug-likeness (QED) is 0.356. The van der Waals surface area contributed by atoms with Crippen LogP contribution in [0.4, 0.5) is 4.39 Å². The molecule has 33 heavy (non-hydrogen) atoms. The van der Waals surface area contributed by atoms with E-state index in [-0.39, 0.29) is 11.7 Å². The van der Waals surface area contributed by atoms with Gasteiger partial charge in [0, 0.05) is 35.2 Å². The van der Waals surface area contributed by atoms with E-state index in [1.54, 1.807) is 44.8 Å². The number of hydrogen-bond acceptors (Lipinski definition) is 4. The van der Waals surface area contributed by atoms with Gasteiger partial charge in [-0.15, -0.1) is 0 Å². The van der Waals surface area contributed by atoms with Gasteiger partial charge in [-0.1, -0.05) is 24.3 Å². The van der Waals surface area contributed by atoms with E-state index in [9.17, 15) is 9.18 Å². The van der Waals surface area contributed by atoms with Crippen molar-refractivity contribution in [3.8, 4) is 22.6 Å². The van der Waals surface area contributed by atoms with Crippen LogP contribution in [0.2, 0.25) is 0 Å². The van der Waals surface area contributed by atoms with Gasteiger partial charge in [-0.05, 0) is 54.0 Å². The number of halogens is 1. The molecule has 0 fully saturated rings. The molecule has 0 unspecified atom stereocenters. The number of fused-ring (bicyclic) bond motifs is 1. The third-order valence-electron chi connectivity index (χ3n) is 5.45. The Kier molecular flexibility index (Phi) is 6.45. The average Bonchev–Trinajstić information content (AvgIpc) is 3.25. The van der Waals surface area contributed by atoms with Crippen molar-refractivity contribution in [3.05, 3.63) is 89.9 Å². The Balaban J connectivity index is 1.59. The van der Waals surface area contributed by atoms with E-state index in [1.807, 2.05) is 37.3 Å². The summed E-state index contributed by atoms with van der Waals surface area (Å²) in [5.41, 5.74) is 4.81. The molecule has 1 heterocycles. The maximum Gasteiger partial charge on any atom is 0.244 e. The first kappa shape index (κ1) is 22.1. The summed E-state index contributed by atoms with van der Waals surface area (Å²) in [6.45, 7) is 2.26. The Bertz CT molecular complexity index is 1300. The standard InChI is InChI=1S/C27H24FNO4/c1-17(12-27(30)29-15-18-4-10-21(31-2)11-5-18)22-13-23-24(19-6-8-20(28)9-7-19)16-33-26(23)14-25(22)32-3/h4-14,16H,15H2,1-3H3,(H,29,30)/b17-12+. The van der Waals surface area contributed by atoms with Gasteiger partial charge in [0.15, 0.2) is 0 Å². The number of allylic oxidation sites excluding steroid dienone is 1. The van der Waals surface area contributed by atoms with Crippen molar-refractivity contribution in [3.63, 3.8) is 0 Å². The lowest BCUT2D eigenvalue weighted by atomic mass is 9.99. The Labute approximate surface area is 191 Å². The number of furan rings is 1. The van der Waals surface area contributed by atoms with Crippen LogP contribution in [0.1, 0.15) is 18.1 Å². The maximum atomic E-state index is 13.3. The zero-order valence-corrected chi connectivity index (χ0v) is 18.6. The third-order valence-corrected chi connectivity index (χ3v) is 5.45. The summed E-state index contributed by atoms with van der Waals surface area (Å²) in [7, 11) is 3.19. The number of carbonyl (C=O) groups is 1. The summed E-state index contributed by atoms with van der Waals surface area (Å²) in [5.74, 6) is 0.853. The van der Waals surface area contributed by atoms with Crippen molar-refractivity contribution < 1.29 is 23.1 Å². The summed E-state index contributed by atoms with van der Waals surface area (Å²) in [6.07, 6.45) is 3.19. The van der Waals surface area contributed by atoms with E-state index in [0.29, 0.717) is 17.9 Å². The van der Waals surface area contributed by atoms with Crippen LogP contribution in [-0.2, 0) is 11.3 Å². The molecular formula is C27H24FNO4. The van der Waals surface area contributed by atoms with Crippen molar-refractivity contribution in [1.29, 1.82) is 0 Å². The molecule has 168 valence electrons. The fraction of sp³-hybridized carbons (Fsp3) is 0.148. The molecule has 0 aliphatic rings. The van der Waals surface area contributed by atoms with Crippen molar-refractivity contribution in [2.45, 2.75) is 13.5 Å². The summed E-state index contributed by atoms with van der Waals surface area (Å²) in [4.78, 5) is 12.5. The Hall–Kier alpha value is -4.06. The number of rotatable bonds is 7. The molecule has 3 aromatic carbocycles. The second-order valence-electron chi connectivity index (χ2n) is 7.60. The predicted molar refractivity (Wildman–Crippen MR) is 127 cm³/mol. The highest BCUT2D eigenvalue weighted by molar-refractivity contribution is 6.00. The van der Waals surface area contributed by atoms with Gasteiger partial charge in [-0.3, -0.25) is 4.79 Å². The Morgan fingerprint density at radius 2 is 1.76 bits per heavy atom. The van der Waals surface area contributed by atoms with Crippen LogP contribution in [-0.4, -0.2) is 20.1 Å². The van der Waals surface area contributed by atoms with E-state index in [2.05, 4.69) is 5.32 Å². The highest BCUT2D eigenvalue weighted by Crippen LogP contribution is 2.37. The van der Waals surface area contributed by atoms with Gasteiger partial charge in [0.1, 0.15) is 22.9 Å². The molecule has 0 spiro atoms. The fourth-order valence-corrected chi connectivity index (χ4v) is 3.64. The van der Waals surface area contributed by atoms with Gasteiger partial charge < -0.3 is 19.2 Å². The SMILES string of the molecule is COc1ccc(CNC(=O)/C=C(\C)c2cc3c(-c4ccc(F)cc4)coc3cc2OC)cc1. The smallest absolute Gasteiger partial charge is 0.244 e. The van der Waals surface area contributed by atoms with Gasteiger partial charge >= 0.3 is 0 Å². The number of methoxy groups -OCH3 is 2. The van der Waals surface area contributed by atoms with Crippen molar-refractivity contribution in [2.75, 3.05) is 14.2 Å². The lowest BCUT2D eigenvalue weighted by Crippen LogP contribution is -2.20. The molecular weight excluding hydrogens is 421 g/mol. The summed E-state index contributed by atoms with van der Waals surface area (Å²) in [6, 6.07) is 17.5. The molecule has 0 saturated carbocycles. The van der Waals surface area contributed by atoms with E-state index < -0.39 is 0 Å². The Morgan fingerprint density at radius 1 is 1.03 bits per heavy atom. The lowest BCUT2D eigenvalue weighted by Gasteiger charge is -2.10. The summed E-state index contributed by atoms with van der Waals surface area (Å²) < 4.78 is 29.8. The normalized spacial score (nSPS) is 11.5. The zero-order valence-electron chi connectivity index (χ0n) is 18.6. The average molecular weight is 445 g/mol. The van der Waals surface area contributed by atoms with E-state index in [1.165, 1.54) is 12.1 Å². The van der Waals surface area contributed by atoms with Crippen LogP contribution in [0.15, 0.2) is 77.4 Å². The highest BCUT2D eigenvalue weighted by atomic mass is 19.1. The van der Waals surface area contributed by atoms with Gasteiger partial charge in [0.2, 0.25) is 5.91 Å². The molecule has 1 aromatic heterocycles. The molecule has 5 nitrogen and oxygen atoms in total. The molecule has 1 N–H and O–H groups in total. The maximum absolute atomic E-state index is 13.3. The molecule has 0 aliphatic carbocycles. The lowest BCUT2D eigenvalue weighted by molar-refractivity contribution is -0.116. The first-order valence-corrected chi connectivity index (χ1v) is 10.4. The first-order valence-electron chi connectivity index (χ1n) is 10.4.